The van der Waals surface area contributed by atoms with Gasteiger partial charge in [-0.1, -0.05) is 44.2 Å². The summed E-state index contributed by atoms with van der Waals surface area (Å²) in [5.74, 6) is 0.239. The van der Waals surface area contributed by atoms with Crippen LogP contribution in [0.1, 0.15) is 63.4 Å². The topological polar surface area (TPSA) is 23.5 Å². The summed E-state index contributed by atoms with van der Waals surface area (Å²) in [7, 11) is 0. The Morgan fingerprint density at radius 3 is 2.71 bits per heavy atom. The van der Waals surface area contributed by atoms with Gasteiger partial charge in [-0.15, -0.1) is 0 Å². The lowest BCUT2D eigenvalue weighted by Crippen LogP contribution is -2.47. The summed E-state index contributed by atoms with van der Waals surface area (Å²) in [5, 5.41) is 11.4. The van der Waals surface area contributed by atoms with Gasteiger partial charge in [-0.3, -0.25) is 0 Å². The van der Waals surface area contributed by atoms with Gasteiger partial charge in [-0.2, -0.15) is 0 Å². The lowest BCUT2D eigenvalue weighted by Gasteiger charge is -2.44. The number of halogens is 1. The maximum absolute atomic E-state index is 10.7. The molecule has 0 radical (unpaired) electrons. The van der Waals surface area contributed by atoms with E-state index in [1.165, 1.54) is 43.4 Å². The number of aliphatic hydroxyl groups is 1. The minimum absolute atomic E-state index is 0.239. The summed E-state index contributed by atoms with van der Waals surface area (Å²) in [5.41, 5.74) is 2.57. The average Bonchev–Trinajstić information content (AvgIpc) is 2.50. The van der Waals surface area contributed by atoms with E-state index in [1.54, 1.807) is 0 Å². The molecule has 2 atom stereocenters. The Morgan fingerprint density at radius 1 is 1.24 bits per heavy atom. The standard InChI is InChI=1S/C18H26ClNO/c1-2-6-15-16-11-13(19)9-10-17(16)20(12-18(15)21)14-7-4-3-5-8-14/h9-11,14-15,18,21H,2-8,12H2,1H3/t15-,18-/m1/s1. The third-order valence-electron chi connectivity index (χ3n) is 5.16. The first-order chi connectivity index (χ1) is 10.2. The van der Waals surface area contributed by atoms with E-state index in [1.807, 2.05) is 6.07 Å². The minimum atomic E-state index is -0.266. The van der Waals surface area contributed by atoms with Crippen LogP contribution in [0.3, 0.4) is 0 Å². The van der Waals surface area contributed by atoms with Crippen LogP contribution in [-0.4, -0.2) is 23.8 Å². The number of nitrogens with zero attached hydrogens (tertiary/aromatic N) is 1. The van der Waals surface area contributed by atoms with E-state index in [4.69, 9.17) is 11.6 Å². The van der Waals surface area contributed by atoms with Crippen molar-refractivity contribution in [3.8, 4) is 0 Å². The third kappa shape index (κ3) is 3.07. The Morgan fingerprint density at radius 2 is 2.00 bits per heavy atom. The third-order valence-corrected chi connectivity index (χ3v) is 5.40. The fraction of sp³-hybridized carbons (Fsp3) is 0.667. The molecule has 3 rings (SSSR count). The molecule has 2 nitrogen and oxygen atoms in total. The smallest absolute Gasteiger partial charge is 0.0784 e. The predicted molar refractivity (Wildman–Crippen MR) is 89.3 cm³/mol. The molecular formula is C18H26ClNO. The lowest BCUT2D eigenvalue weighted by molar-refractivity contribution is 0.132. The van der Waals surface area contributed by atoms with Crippen LogP contribution in [0.4, 0.5) is 5.69 Å². The average molecular weight is 308 g/mol. The highest BCUT2D eigenvalue weighted by Gasteiger charge is 2.35. The predicted octanol–water partition coefficient (Wildman–Crippen LogP) is 4.74. The highest BCUT2D eigenvalue weighted by molar-refractivity contribution is 6.30. The number of hydrogen-bond donors (Lipinski definition) is 1. The molecule has 1 aromatic rings. The quantitative estimate of drug-likeness (QED) is 0.872. The van der Waals surface area contributed by atoms with Crippen molar-refractivity contribution in [1.29, 1.82) is 0 Å². The summed E-state index contributed by atoms with van der Waals surface area (Å²) in [6.07, 6.45) is 8.37. The van der Waals surface area contributed by atoms with Crippen molar-refractivity contribution in [2.75, 3.05) is 11.4 Å². The maximum atomic E-state index is 10.7. The number of aliphatic hydroxyl groups excluding tert-OH is 1. The van der Waals surface area contributed by atoms with E-state index in [0.717, 1.165) is 24.4 Å². The molecule has 1 aliphatic heterocycles. The molecule has 0 spiro atoms. The van der Waals surface area contributed by atoms with Gasteiger partial charge in [0.1, 0.15) is 0 Å². The van der Waals surface area contributed by atoms with Crippen molar-refractivity contribution in [3.05, 3.63) is 28.8 Å². The molecule has 0 aromatic heterocycles. The Labute approximate surface area is 133 Å². The van der Waals surface area contributed by atoms with Crippen LogP contribution in [0.5, 0.6) is 0 Å². The number of hydrogen-bond acceptors (Lipinski definition) is 2. The highest BCUT2D eigenvalue weighted by atomic mass is 35.5. The van der Waals surface area contributed by atoms with Crippen LogP contribution in [0.15, 0.2) is 18.2 Å². The van der Waals surface area contributed by atoms with E-state index in [2.05, 4.69) is 24.0 Å². The van der Waals surface area contributed by atoms with Crippen LogP contribution in [-0.2, 0) is 0 Å². The molecule has 1 fully saturated rings. The van der Waals surface area contributed by atoms with Crippen molar-refractivity contribution in [1.82, 2.24) is 0 Å². The molecule has 1 saturated carbocycles. The number of anilines is 1. The van der Waals surface area contributed by atoms with Crippen LogP contribution in [0.25, 0.3) is 0 Å². The summed E-state index contributed by atoms with van der Waals surface area (Å²) in [6.45, 7) is 2.97. The molecule has 1 aromatic carbocycles. The highest BCUT2D eigenvalue weighted by Crippen LogP contribution is 2.42. The summed E-state index contributed by atoms with van der Waals surface area (Å²) < 4.78 is 0. The molecule has 21 heavy (non-hydrogen) atoms. The van der Waals surface area contributed by atoms with Gasteiger partial charge in [0, 0.05) is 29.2 Å². The molecule has 2 aliphatic rings. The van der Waals surface area contributed by atoms with Crippen molar-refractivity contribution < 1.29 is 5.11 Å². The minimum Gasteiger partial charge on any atom is -0.391 e. The van der Waals surface area contributed by atoms with E-state index >= 15 is 0 Å². The Kier molecular flexibility index (Phi) is 4.75. The van der Waals surface area contributed by atoms with E-state index in [-0.39, 0.29) is 12.0 Å². The second-order valence-electron chi connectivity index (χ2n) is 6.61. The normalized spacial score (nSPS) is 26.7. The molecule has 0 saturated heterocycles. The monoisotopic (exact) mass is 307 g/mol. The zero-order chi connectivity index (χ0) is 14.8. The lowest BCUT2D eigenvalue weighted by atomic mass is 9.82. The van der Waals surface area contributed by atoms with Gasteiger partial charge in [-0.25, -0.2) is 0 Å². The SMILES string of the molecule is CCC[C@@H]1c2cc(Cl)ccc2N(C2CCCCC2)C[C@H]1O. The number of β-amino-alcohol motifs (C(OH)–C–C–N with tert-alkyl or cyclic N) is 1. The van der Waals surface area contributed by atoms with Crippen molar-refractivity contribution >= 4 is 17.3 Å². The summed E-state index contributed by atoms with van der Waals surface area (Å²) in [4.78, 5) is 2.46. The van der Waals surface area contributed by atoms with Crippen molar-refractivity contribution in [2.45, 2.75) is 69.9 Å². The van der Waals surface area contributed by atoms with Gasteiger partial charge < -0.3 is 10.0 Å². The van der Waals surface area contributed by atoms with Gasteiger partial charge in [0.15, 0.2) is 0 Å². The fourth-order valence-electron chi connectivity index (χ4n) is 4.12. The van der Waals surface area contributed by atoms with Gasteiger partial charge >= 0.3 is 0 Å². The van der Waals surface area contributed by atoms with Gasteiger partial charge in [0.05, 0.1) is 6.10 Å². The first-order valence-electron chi connectivity index (χ1n) is 8.45. The largest absolute Gasteiger partial charge is 0.391 e. The first kappa shape index (κ1) is 15.2. The molecule has 0 amide bonds. The summed E-state index contributed by atoms with van der Waals surface area (Å²) in [6, 6.07) is 6.84. The second-order valence-corrected chi connectivity index (χ2v) is 7.05. The van der Waals surface area contributed by atoms with Gasteiger partial charge in [0.25, 0.3) is 0 Å². The molecule has 1 heterocycles. The first-order valence-corrected chi connectivity index (χ1v) is 8.82. The molecule has 1 aliphatic carbocycles. The van der Waals surface area contributed by atoms with Crippen LogP contribution in [0, 0.1) is 0 Å². The maximum Gasteiger partial charge on any atom is 0.0784 e. The van der Waals surface area contributed by atoms with Crippen molar-refractivity contribution in [3.63, 3.8) is 0 Å². The van der Waals surface area contributed by atoms with E-state index in [0.29, 0.717) is 6.04 Å². The number of benzene rings is 1. The molecule has 3 heteroatoms. The zero-order valence-electron chi connectivity index (χ0n) is 12.9. The summed E-state index contributed by atoms with van der Waals surface area (Å²) >= 11 is 6.22. The molecule has 116 valence electrons. The van der Waals surface area contributed by atoms with Crippen LogP contribution < -0.4 is 4.90 Å². The van der Waals surface area contributed by atoms with Crippen molar-refractivity contribution in [2.24, 2.45) is 0 Å². The van der Waals surface area contributed by atoms with E-state index < -0.39 is 0 Å². The van der Waals surface area contributed by atoms with Crippen LogP contribution >= 0.6 is 11.6 Å². The number of fused-ring (bicyclic) bond motifs is 1. The van der Waals surface area contributed by atoms with Gasteiger partial charge in [-0.05, 0) is 43.0 Å². The molecule has 1 N–H and O–H groups in total. The Bertz CT molecular complexity index is 484. The fourth-order valence-corrected chi connectivity index (χ4v) is 4.30. The Hall–Kier alpha value is -0.730. The number of rotatable bonds is 3. The zero-order valence-corrected chi connectivity index (χ0v) is 13.6. The molecule has 0 unspecified atom stereocenters. The second kappa shape index (κ2) is 6.58. The molecule has 0 bridgehead atoms. The molecular weight excluding hydrogens is 282 g/mol. The van der Waals surface area contributed by atoms with Gasteiger partial charge in [0.2, 0.25) is 0 Å². The van der Waals surface area contributed by atoms with Crippen LogP contribution in [0.2, 0.25) is 5.02 Å². The van der Waals surface area contributed by atoms with E-state index in [9.17, 15) is 5.11 Å². The Balaban J connectivity index is 1.95.